The van der Waals surface area contributed by atoms with Crippen molar-refractivity contribution in [1.82, 2.24) is 20.5 Å². The van der Waals surface area contributed by atoms with Gasteiger partial charge in [-0.3, -0.25) is 9.89 Å². The Labute approximate surface area is 137 Å². The summed E-state index contributed by atoms with van der Waals surface area (Å²) in [6.07, 6.45) is 4.70. The fourth-order valence-electron chi connectivity index (χ4n) is 1.79. The first kappa shape index (κ1) is 16.1. The van der Waals surface area contributed by atoms with E-state index < -0.39 is 0 Å². The van der Waals surface area contributed by atoms with Gasteiger partial charge in [0.1, 0.15) is 5.69 Å². The SMILES string of the molecule is Cc1[nH]ncc1CCCNC(=O)c1ncc(Cl)c(Cl)c1Cl. The maximum Gasteiger partial charge on any atom is 0.271 e. The molecule has 0 aliphatic heterocycles. The van der Waals surface area contributed by atoms with Crippen LogP contribution in [-0.4, -0.2) is 27.6 Å². The third-order valence-electron chi connectivity index (χ3n) is 2.98. The summed E-state index contributed by atoms with van der Waals surface area (Å²) in [7, 11) is 0. The van der Waals surface area contributed by atoms with E-state index in [9.17, 15) is 4.79 Å². The second-order valence-corrected chi connectivity index (χ2v) is 5.63. The van der Waals surface area contributed by atoms with Crippen LogP contribution in [0, 0.1) is 6.92 Å². The van der Waals surface area contributed by atoms with Gasteiger partial charge in [0.15, 0.2) is 0 Å². The molecule has 0 unspecified atom stereocenters. The Morgan fingerprint density at radius 2 is 2.05 bits per heavy atom. The highest BCUT2D eigenvalue weighted by atomic mass is 35.5. The average Bonchev–Trinajstić information content (AvgIpc) is 2.86. The number of nitrogens with one attached hydrogen (secondary N) is 2. The third kappa shape index (κ3) is 3.87. The molecule has 0 atom stereocenters. The van der Waals surface area contributed by atoms with Crippen molar-refractivity contribution >= 4 is 40.7 Å². The van der Waals surface area contributed by atoms with Crippen LogP contribution in [0.1, 0.15) is 28.2 Å². The van der Waals surface area contributed by atoms with Crippen molar-refractivity contribution in [3.63, 3.8) is 0 Å². The fraction of sp³-hybridized carbons (Fsp3) is 0.308. The lowest BCUT2D eigenvalue weighted by atomic mass is 10.1. The number of rotatable bonds is 5. The van der Waals surface area contributed by atoms with Crippen molar-refractivity contribution in [3.8, 4) is 0 Å². The van der Waals surface area contributed by atoms with E-state index >= 15 is 0 Å². The third-order valence-corrected chi connectivity index (χ3v) is 4.22. The number of aryl methyl sites for hydroxylation is 2. The number of carbonyl (C=O) groups is 1. The Morgan fingerprint density at radius 1 is 1.29 bits per heavy atom. The van der Waals surface area contributed by atoms with Crippen molar-refractivity contribution in [2.24, 2.45) is 0 Å². The van der Waals surface area contributed by atoms with Gasteiger partial charge in [-0.1, -0.05) is 34.8 Å². The zero-order chi connectivity index (χ0) is 15.4. The van der Waals surface area contributed by atoms with Gasteiger partial charge < -0.3 is 5.32 Å². The van der Waals surface area contributed by atoms with Gasteiger partial charge in [0, 0.05) is 18.4 Å². The van der Waals surface area contributed by atoms with Gasteiger partial charge in [-0.25, -0.2) is 4.98 Å². The van der Waals surface area contributed by atoms with Crippen LogP contribution in [0.3, 0.4) is 0 Å². The summed E-state index contributed by atoms with van der Waals surface area (Å²) in [6.45, 7) is 2.46. The molecule has 0 aromatic carbocycles. The number of halogens is 3. The molecule has 2 aromatic rings. The Kier molecular flexibility index (Phi) is 5.45. The molecular weight excluding hydrogens is 335 g/mol. The molecule has 0 spiro atoms. The van der Waals surface area contributed by atoms with Crippen molar-refractivity contribution in [2.75, 3.05) is 6.54 Å². The summed E-state index contributed by atoms with van der Waals surface area (Å²) in [6, 6.07) is 0. The van der Waals surface area contributed by atoms with Gasteiger partial charge in [0.25, 0.3) is 5.91 Å². The molecule has 2 N–H and O–H groups in total. The predicted octanol–water partition coefficient (Wildman–Crippen LogP) is 3.44. The summed E-state index contributed by atoms with van der Waals surface area (Å²) in [5.41, 5.74) is 2.25. The van der Waals surface area contributed by atoms with E-state index in [1.165, 1.54) is 6.20 Å². The normalized spacial score (nSPS) is 10.7. The zero-order valence-corrected chi connectivity index (χ0v) is 13.5. The Morgan fingerprint density at radius 3 is 2.71 bits per heavy atom. The quantitative estimate of drug-likeness (QED) is 0.814. The average molecular weight is 348 g/mol. The standard InChI is InChI=1S/C13H13Cl3N4O/c1-7-8(5-19-20-7)3-2-4-17-13(21)12-11(16)10(15)9(14)6-18-12/h5-6H,2-4H2,1H3,(H,17,21)(H,19,20). The Balaban J connectivity index is 1.88. The Hall–Kier alpha value is -1.30. The monoisotopic (exact) mass is 346 g/mol. The van der Waals surface area contributed by atoms with E-state index in [2.05, 4.69) is 20.5 Å². The maximum atomic E-state index is 12.0. The number of nitrogens with zero attached hydrogens (tertiary/aromatic N) is 2. The highest BCUT2D eigenvalue weighted by molar-refractivity contribution is 6.48. The number of carbonyl (C=O) groups excluding carboxylic acids is 1. The van der Waals surface area contributed by atoms with Crippen molar-refractivity contribution < 1.29 is 4.79 Å². The van der Waals surface area contributed by atoms with Gasteiger partial charge in [-0.05, 0) is 25.3 Å². The number of hydrogen-bond donors (Lipinski definition) is 2. The lowest BCUT2D eigenvalue weighted by molar-refractivity contribution is 0.0948. The van der Waals surface area contributed by atoms with Crippen molar-refractivity contribution in [3.05, 3.63) is 44.4 Å². The number of hydrogen-bond acceptors (Lipinski definition) is 3. The molecule has 112 valence electrons. The first-order valence-corrected chi connectivity index (χ1v) is 7.40. The predicted molar refractivity (Wildman–Crippen MR) is 83.2 cm³/mol. The molecule has 0 aliphatic rings. The molecule has 1 amide bonds. The number of aromatic amines is 1. The minimum Gasteiger partial charge on any atom is -0.351 e. The molecule has 0 bridgehead atoms. The van der Waals surface area contributed by atoms with Crippen LogP contribution >= 0.6 is 34.8 Å². The van der Waals surface area contributed by atoms with E-state index in [1.54, 1.807) is 6.20 Å². The number of pyridine rings is 1. The molecule has 2 heterocycles. The molecule has 0 aliphatic carbocycles. The summed E-state index contributed by atoms with van der Waals surface area (Å²) < 4.78 is 0. The van der Waals surface area contributed by atoms with E-state index in [4.69, 9.17) is 34.8 Å². The van der Waals surface area contributed by atoms with Crippen LogP contribution in [0.5, 0.6) is 0 Å². The minimum absolute atomic E-state index is 0.0624. The molecule has 0 radical (unpaired) electrons. The van der Waals surface area contributed by atoms with Gasteiger partial charge in [-0.2, -0.15) is 5.10 Å². The van der Waals surface area contributed by atoms with Gasteiger partial charge >= 0.3 is 0 Å². The lowest BCUT2D eigenvalue weighted by Crippen LogP contribution is -2.26. The molecule has 0 saturated carbocycles. The second-order valence-electron chi connectivity index (χ2n) is 4.46. The van der Waals surface area contributed by atoms with E-state index in [0.717, 1.165) is 24.1 Å². The van der Waals surface area contributed by atoms with Gasteiger partial charge in [-0.15, -0.1) is 0 Å². The molecule has 2 rings (SSSR count). The highest BCUT2D eigenvalue weighted by Crippen LogP contribution is 2.30. The van der Waals surface area contributed by atoms with Crippen molar-refractivity contribution in [1.29, 1.82) is 0 Å². The summed E-state index contributed by atoms with van der Waals surface area (Å²) >= 11 is 17.6. The molecule has 0 fully saturated rings. The number of amides is 1. The largest absolute Gasteiger partial charge is 0.351 e. The fourth-order valence-corrected chi connectivity index (χ4v) is 2.36. The second kappa shape index (κ2) is 7.11. The summed E-state index contributed by atoms with van der Waals surface area (Å²) in [5.74, 6) is -0.373. The van der Waals surface area contributed by atoms with Gasteiger partial charge in [0.05, 0.1) is 21.3 Å². The van der Waals surface area contributed by atoms with Crippen LogP contribution in [0.4, 0.5) is 0 Å². The van der Waals surface area contributed by atoms with E-state index in [-0.39, 0.29) is 26.7 Å². The first-order chi connectivity index (χ1) is 10.0. The van der Waals surface area contributed by atoms with Crippen molar-refractivity contribution in [2.45, 2.75) is 19.8 Å². The van der Waals surface area contributed by atoms with E-state index in [1.807, 2.05) is 6.92 Å². The topological polar surface area (TPSA) is 70.7 Å². The number of H-pyrrole nitrogens is 1. The molecule has 5 nitrogen and oxygen atoms in total. The lowest BCUT2D eigenvalue weighted by Gasteiger charge is -2.07. The minimum atomic E-state index is -0.373. The molecule has 2 aromatic heterocycles. The van der Waals surface area contributed by atoms with Crippen LogP contribution in [0.25, 0.3) is 0 Å². The first-order valence-electron chi connectivity index (χ1n) is 6.27. The Bertz CT molecular complexity index is 657. The summed E-state index contributed by atoms with van der Waals surface area (Å²) in [5, 5.41) is 9.98. The van der Waals surface area contributed by atoms with Crippen LogP contribution in [-0.2, 0) is 6.42 Å². The van der Waals surface area contributed by atoms with Crippen LogP contribution in [0.2, 0.25) is 15.1 Å². The smallest absolute Gasteiger partial charge is 0.271 e. The molecule has 21 heavy (non-hydrogen) atoms. The van der Waals surface area contributed by atoms with Crippen LogP contribution in [0.15, 0.2) is 12.4 Å². The number of aromatic nitrogens is 3. The molecule has 0 saturated heterocycles. The molecule has 8 heteroatoms. The zero-order valence-electron chi connectivity index (χ0n) is 11.2. The summed E-state index contributed by atoms with van der Waals surface area (Å²) in [4.78, 5) is 15.9. The molecular formula is C13H13Cl3N4O. The van der Waals surface area contributed by atoms with Crippen LogP contribution < -0.4 is 5.32 Å². The maximum absolute atomic E-state index is 12.0. The van der Waals surface area contributed by atoms with E-state index in [0.29, 0.717) is 6.54 Å². The van der Waals surface area contributed by atoms with Gasteiger partial charge in [0.2, 0.25) is 0 Å². The highest BCUT2D eigenvalue weighted by Gasteiger charge is 2.16.